The highest BCUT2D eigenvalue weighted by molar-refractivity contribution is 5.97. The van der Waals surface area contributed by atoms with E-state index in [1.807, 2.05) is 30.3 Å². The lowest BCUT2D eigenvalue weighted by atomic mass is 9.86. The molecule has 2 aliphatic rings. The summed E-state index contributed by atoms with van der Waals surface area (Å²) in [4.78, 5) is 46.0. The highest BCUT2D eigenvalue weighted by atomic mass is 16.5. The summed E-state index contributed by atoms with van der Waals surface area (Å²) in [5, 5.41) is 1.08. The van der Waals surface area contributed by atoms with Crippen LogP contribution in [-0.2, 0) is 20.7 Å². The number of methoxy groups -OCH3 is 1. The minimum Gasteiger partial charge on any atom is -0.465 e. The Morgan fingerprint density at radius 1 is 1.09 bits per heavy atom. The first-order valence-electron chi connectivity index (χ1n) is 11.9. The Balaban J connectivity index is 1.59. The fourth-order valence-electron chi connectivity index (χ4n) is 5.33. The molecule has 0 unspecified atom stereocenters. The number of hydrogen-bond donors (Lipinski definition) is 1. The van der Waals surface area contributed by atoms with Crippen LogP contribution >= 0.6 is 0 Å². The molecule has 7 heteroatoms. The fraction of sp³-hybridized carbons (Fsp3) is 0.370. The van der Waals surface area contributed by atoms with Crippen molar-refractivity contribution in [2.24, 2.45) is 0 Å². The van der Waals surface area contributed by atoms with Crippen LogP contribution in [0.25, 0.3) is 10.9 Å². The van der Waals surface area contributed by atoms with Crippen molar-refractivity contribution in [1.82, 2.24) is 14.8 Å². The van der Waals surface area contributed by atoms with E-state index in [-0.39, 0.29) is 18.4 Å². The van der Waals surface area contributed by atoms with Crippen LogP contribution in [0.4, 0.5) is 0 Å². The fourth-order valence-corrected chi connectivity index (χ4v) is 5.33. The van der Waals surface area contributed by atoms with E-state index < -0.39 is 18.1 Å². The largest absolute Gasteiger partial charge is 0.465 e. The van der Waals surface area contributed by atoms with Crippen LogP contribution < -0.4 is 0 Å². The molecule has 3 aromatic rings. The number of aromatic nitrogens is 1. The summed E-state index contributed by atoms with van der Waals surface area (Å²) in [6, 6.07) is 14.2. The summed E-state index contributed by atoms with van der Waals surface area (Å²) in [6.07, 6.45) is 3.49. The molecule has 0 spiro atoms. The number of aromatic amines is 1. The van der Waals surface area contributed by atoms with Gasteiger partial charge in [-0.2, -0.15) is 0 Å². The highest BCUT2D eigenvalue weighted by Gasteiger charge is 2.48. The zero-order valence-electron chi connectivity index (χ0n) is 19.5. The van der Waals surface area contributed by atoms with Crippen molar-refractivity contribution in [3.63, 3.8) is 0 Å². The van der Waals surface area contributed by atoms with E-state index >= 15 is 0 Å². The number of nitrogens with zero attached hydrogens (tertiary/aromatic N) is 2. The predicted octanol–water partition coefficient (Wildman–Crippen LogP) is 3.83. The number of piperazine rings is 1. The Morgan fingerprint density at radius 2 is 1.85 bits per heavy atom. The molecule has 5 rings (SSSR count). The first-order valence-corrected chi connectivity index (χ1v) is 11.9. The second-order valence-electron chi connectivity index (χ2n) is 9.07. The minimum atomic E-state index is -0.542. The van der Waals surface area contributed by atoms with Gasteiger partial charge in [0.15, 0.2) is 0 Å². The summed E-state index contributed by atoms with van der Waals surface area (Å²) in [5.74, 6) is -0.443. The number of benzene rings is 2. The van der Waals surface area contributed by atoms with Crippen LogP contribution in [0.2, 0.25) is 0 Å². The number of nitrogens with one attached hydrogen (secondary N) is 1. The molecule has 0 bridgehead atoms. The van der Waals surface area contributed by atoms with Crippen LogP contribution in [0, 0.1) is 0 Å². The van der Waals surface area contributed by atoms with Crippen LogP contribution in [0.15, 0.2) is 48.5 Å². The number of carbonyl (C=O) groups is 3. The van der Waals surface area contributed by atoms with Crippen molar-refractivity contribution in [1.29, 1.82) is 0 Å². The predicted molar refractivity (Wildman–Crippen MR) is 128 cm³/mol. The molecular formula is C27H29N3O4. The van der Waals surface area contributed by atoms with Gasteiger partial charge in [0.05, 0.1) is 25.3 Å². The Kier molecular flexibility index (Phi) is 5.86. The van der Waals surface area contributed by atoms with Crippen LogP contribution in [0.1, 0.15) is 59.4 Å². The molecule has 2 aliphatic heterocycles. The van der Waals surface area contributed by atoms with Crippen molar-refractivity contribution in [2.45, 2.75) is 44.7 Å². The number of fused-ring (bicyclic) bond motifs is 4. The summed E-state index contributed by atoms with van der Waals surface area (Å²) in [6.45, 7) is 2.84. The number of ether oxygens (including phenoxy) is 1. The molecule has 176 valence electrons. The van der Waals surface area contributed by atoms with E-state index in [1.165, 1.54) is 7.11 Å². The monoisotopic (exact) mass is 459 g/mol. The van der Waals surface area contributed by atoms with Crippen LogP contribution in [-0.4, -0.2) is 58.8 Å². The van der Waals surface area contributed by atoms with E-state index in [0.29, 0.717) is 18.5 Å². The third kappa shape index (κ3) is 3.65. The number of H-pyrrole nitrogens is 1. The molecule has 3 heterocycles. The molecule has 34 heavy (non-hydrogen) atoms. The van der Waals surface area contributed by atoms with Gasteiger partial charge in [0.25, 0.3) is 0 Å². The van der Waals surface area contributed by atoms with Crippen molar-refractivity contribution in [2.75, 3.05) is 20.2 Å². The van der Waals surface area contributed by atoms with Gasteiger partial charge in [-0.25, -0.2) is 4.79 Å². The van der Waals surface area contributed by atoms with Gasteiger partial charge in [0.2, 0.25) is 11.8 Å². The molecule has 0 radical (unpaired) electrons. The topological polar surface area (TPSA) is 82.7 Å². The maximum absolute atomic E-state index is 13.6. The van der Waals surface area contributed by atoms with Crippen LogP contribution in [0.5, 0.6) is 0 Å². The first kappa shape index (κ1) is 22.2. The molecule has 1 fully saturated rings. The molecule has 2 atom stereocenters. The molecule has 2 amide bonds. The van der Waals surface area contributed by atoms with Gasteiger partial charge >= 0.3 is 5.97 Å². The van der Waals surface area contributed by atoms with Crippen molar-refractivity contribution < 1.29 is 19.1 Å². The molecule has 1 saturated heterocycles. The molecular weight excluding hydrogens is 430 g/mol. The van der Waals surface area contributed by atoms with Gasteiger partial charge in [0, 0.05) is 29.6 Å². The normalized spacial score (nSPS) is 19.8. The van der Waals surface area contributed by atoms with Gasteiger partial charge in [-0.1, -0.05) is 50.1 Å². The zero-order valence-corrected chi connectivity index (χ0v) is 19.5. The van der Waals surface area contributed by atoms with E-state index in [0.717, 1.165) is 47.0 Å². The first-order chi connectivity index (χ1) is 16.5. The van der Waals surface area contributed by atoms with Gasteiger partial charge in [0.1, 0.15) is 6.04 Å². The number of esters is 1. The summed E-state index contributed by atoms with van der Waals surface area (Å²) >= 11 is 0. The zero-order chi connectivity index (χ0) is 23.8. The standard InChI is InChI=1S/C27H29N3O4/c1-3-4-7-14-29-16-23(31)30-22(26(29)32)15-20-19-8-5-6-9-21(19)28-24(20)25(30)17-10-12-18(13-11-17)27(33)34-2/h5-6,8-13,22,25,28H,3-4,7,14-16H2,1-2H3/t22-,25+/m0/s1. The van der Waals surface area contributed by atoms with E-state index in [1.54, 1.807) is 21.9 Å². The SMILES string of the molecule is CCCCCN1CC(=O)N2[C@H](c3ccc(C(=O)OC)cc3)c3[nH]c4ccccc4c3C[C@H]2C1=O. The van der Waals surface area contributed by atoms with E-state index in [4.69, 9.17) is 4.74 Å². The third-order valence-corrected chi connectivity index (χ3v) is 7.02. The average molecular weight is 460 g/mol. The van der Waals surface area contributed by atoms with E-state index in [9.17, 15) is 14.4 Å². The molecule has 7 nitrogen and oxygen atoms in total. The van der Waals surface area contributed by atoms with Gasteiger partial charge < -0.3 is 19.5 Å². The maximum Gasteiger partial charge on any atom is 0.337 e. The van der Waals surface area contributed by atoms with Crippen molar-refractivity contribution in [3.8, 4) is 0 Å². The van der Waals surface area contributed by atoms with Crippen molar-refractivity contribution in [3.05, 3.63) is 70.9 Å². The van der Waals surface area contributed by atoms with Gasteiger partial charge in [-0.15, -0.1) is 0 Å². The summed E-state index contributed by atoms with van der Waals surface area (Å²) in [7, 11) is 1.35. The number of para-hydroxylation sites is 1. The average Bonchev–Trinajstić information content (AvgIpc) is 3.24. The lowest BCUT2D eigenvalue weighted by molar-refractivity contribution is -0.158. The molecule has 2 aromatic carbocycles. The quantitative estimate of drug-likeness (QED) is 0.449. The Bertz CT molecular complexity index is 1250. The Morgan fingerprint density at radius 3 is 2.59 bits per heavy atom. The number of amides is 2. The molecule has 1 aromatic heterocycles. The Labute approximate surface area is 198 Å². The lowest BCUT2D eigenvalue weighted by Gasteiger charge is -2.47. The number of rotatable bonds is 6. The smallest absolute Gasteiger partial charge is 0.337 e. The summed E-state index contributed by atoms with van der Waals surface area (Å²) < 4.78 is 4.83. The lowest BCUT2D eigenvalue weighted by Crippen LogP contribution is -2.63. The maximum atomic E-state index is 13.6. The van der Waals surface area contributed by atoms with E-state index in [2.05, 4.69) is 18.0 Å². The number of unbranched alkanes of at least 4 members (excludes halogenated alkanes) is 2. The molecule has 0 saturated carbocycles. The van der Waals surface area contributed by atoms with Gasteiger partial charge in [-0.05, 0) is 35.7 Å². The second kappa shape index (κ2) is 8.97. The van der Waals surface area contributed by atoms with Crippen LogP contribution in [0.3, 0.4) is 0 Å². The number of carbonyl (C=O) groups excluding carboxylic acids is 3. The molecule has 0 aliphatic carbocycles. The molecule has 1 N–H and O–H groups in total. The minimum absolute atomic E-state index is 0.0165. The Hall–Kier alpha value is -3.61. The third-order valence-electron chi connectivity index (χ3n) is 7.02. The van der Waals surface area contributed by atoms with Crippen molar-refractivity contribution >= 4 is 28.7 Å². The second-order valence-corrected chi connectivity index (χ2v) is 9.07. The van der Waals surface area contributed by atoms with Gasteiger partial charge in [-0.3, -0.25) is 9.59 Å². The number of hydrogen-bond acceptors (Lipinski definition) is 4. The highest BCUT2D eigenvalue weighted by Crippen LogP contribution is 2.42. The summed E-state index contributed by atoms with van der Waals surface area (Å²) in [5.41, 5.74) is 4.30.